The van der Waals surface area contributed by atoms with Gasteiger partial charge in [0.05, 0.1) is 10.6 Å². The van der Waals surface area contributed by atoms with Crippen molar-refractivity contribution in [3.63, 3.8) is 0 Å². The fourth-order valence-electron chi connectivity index (χ4n) is 2.77. The molecular weight excluding hydrogens is 347 g/mol. The Bertz CT molecular complexity index is 802. The van der Waals surface area contributed by atoms with Gasteiger partial charge in [0, 0.05) is 31.1 Å². The molecule has 7 heteroatoms. The van der Waals surface area contributed by atoms with Gasteiger partial charge >= 0.3 is 0 Å². The van der Waals surface area contributed by atoms with E-state index < -0.39 is 10.0 Å². The molecule has 0 aliphatic carbocycles. The van der Waals surface area contributed by atoms with Gasteiger partial charge in [-0.25, -0.2) is 12.8 Å². The van der Waals surface area contributed by atoms with Gasteiger partial charge in [0.25, 0.3) is 0 Å². The summed E-state index contributed by atoms with van der Waals surface area (Å²) >= 11 is 1.57. The monoisotopic (exact) mass is 366 g/mol. The van der Waals surface area contributed by atoms with Crippen LogP contribution in [0.2, 0.25) is 0 Å². The second-order valence-electron chi connectivity index (χ2n) is 5.52. The van der Waals surface area contributed by atoms with Crippen molar-refractivity contribution in [3.05, 3.63) is 54.3 Å². The van der Waals surface area contributed by atoms with E-state index in [1.54, 1.807) is 42.1 Å². The van der Waals surface area contributed by atoms with Gasteiger partial charge in [-0.3, -0.25) is 0 Å². The number of hydrogen-bond donors (Lipinski definition) is 0. The van der Waals surface area contributed by atoms with Crippen LogP contribution in [0.1, 0.15) is 0 Å². The number of nitrogens with zero attached hydrogens (tertiary/aromatic N) is 2. The number of benzene rings is 2. The number of anilines is 1. The summed E-state index contributed by atoms with van der Waals surface area (Å²) in [7, 11) is -3.50. The summed E-state index contributed by atoms with van der Waals surface area (Å²) in [6.45, 7) is 1.65. The first kappa shape index (κ1) is 17.3. The minimum atomic E-state index is -3.50. The summed E-state index contributed by atoms with van der Waals surface area (Å²) in [5.74, 6) is -0.276. The molecule has 24 heavy (non-hydrogen) atoms. The van der Waals surface area contributed by atoms with Crippen molar-refractivity contribution in [2.45, 2.75) is 9.79 Å². The summed E-state index contributed by atoms with van der Waals surface area (Å²) < 4.78 is 40.8. The van der Waals surface area contributed by atoms with Gasteiger partial charge in [0.15, 0.2) is 0 Å². The van der Waals surface area contributed by atoms with Crippen LogP contribution in [-0.2, 0) is 10.0 Å². The quantitative estimate of drug-likeness (QED) is 0.780. The summed E-state index contributed by atoms with van der Waals surface area (Å²) in [6, 6.07) is 13.5. The number of hydrogen-bond acceptors (Lipinski definition) is 4. The number of para-hydroxylation sites is 1. The van der Waals surface area contributed by atoms with Crippen molar-refractivity contribution in [3.8, 4) is 0 Å². The van der Waals surface area contributed by atoms with Crippen LogP contribution >= 0.6 is 11.8 Å². The molecule has 1 fully saturated rings. The maximum Gasteiger partial charge on any atom is 0.243 e. The Morgan fingerprint density at radius 2 is 1.58 bits per heavy atom. The molecule has 1 saturated heterocycles. The highest BCUT2D eigenvalue weighted by molar-refractivity contribution is 7.98. The summed E-state index contributed by atoms with van der Waals surface area (Å²) in [6.07, 6.45) is 1.95. The van der Waals surface area contributed by atoms with Gasteiger partial charge in [-0.05, 0) is 42.7 Å². The SMILES string of the molecule is CSc1ccc(S(=O)(=O)N2CCN(c3ccccc3F)CC2)cc1. The van der Waals surface area contributed by atoms with Crippen LogP contribution < -0.4 is 4.90 Å². The first-order valence-electron chi connectivity index (χ1n) is 7.66. The van der Waals surface area contributed by atoms with E-state index in [9.17, 15) is 12.8 Å². The number of piperazine rings is 1. The number of rotatable bonds is 4. The Kier molecular flexibility index (Phi) is 5.12. The van der Waals surface area contributed by atoms with Crippen molar-refractivity contribution < 1.29 is 12.8 Å². The van der Waals surface area contributed by atoms with E-state index in [4.69, 9.17) is 0 Å². The molecule has 0 radical (unpaired) electrons. The normalized spacial score (nSPS) is 16.3. The Labute approximate surface area is 146 Å². The molecule has 1 aliphatic rings. The minimum Gasteiger partial charge on any atom is -0.367 e. The summed E-state index contributed by atoms with van der Waals surface area (Å²) in [5, 5.41) is 0. The third-order valence-corrected chi connectivity index (χ3v) is 6.79. The van der Waals surface area contributed by atoms with Gasteiger partial charge in [-0.15, -0.1) is 11.8 Å². The lowest BCUT2D eigenvalue weighted by Crippen LogP contribution is -2.48. The van der Waals surface area contributed by atoms with Gasteiger partial charge in [0.2, 0.25) is 10.0 Å². The highest BCUT2D eigenvalue weighted by Gasteiger charge is 2.29. The molecule has 0 saturated carbocycles. The van der Waals surface area contributed by atoms with E-state index in [0.29, 0.717) is 36.8 Å². The smallest absolute Gasteiger partial charge is 0.243 e. The summed E-state index contributed by atoms with van der Waals surface area (Å²) in [5.41, 5.74) is 0.527. The van der Waals surface area contributed by atoms with E-state index in [-0.39, 0.29) is 5.82 Å². The van der Waals surface area contributed by atoms with Crippen LogP contribution in [0.3, 0.4) is 0 Å². The zero-order chi connectivity index (χ0) is 17.2. The van der Waals surface area contributed by atoms with Crippen molar-refractivity contribution in [1.82, 2.24) is 4.31 Å². The topological polar surface area (TPSA) is 40.6 Å². The van der Waals surface area contributed by atoms with E-state index in [1.807, 2.05) is 23.3 Å². The highest BCUT2D eigenvalue weighted by Crippen LogP contribution is 2.24. The number of halogens is 1. The molecule has 0 aromatic heterocycles. The molecule has 0 atom stereocenters. The van der Waals surface area contributed by atoms with E-state index in [1.165, 1.54) is 10.4 Å². The fourth-order valence-corrected chi connectivity index (χ4v) is 4.60. The Morgan fingerprint density at radius 3 is 2.17 bits per heavy atom. The summed E-state index contributed by atoms with van der Waals surface area (Å²) in [4.78, 5) is 3.22. The van der Waals surface area contributed by atoms with Gasteiger partial charge in [-0.1, -0.05) is 12.1 Å². The first-order valence-corrected chi connectivity index (χ1v) is 10.3. The maximum absolute atomic E-state index is 13.9. The molecule has 0 amide bonds. The van der Waals surface area contributed by atoms with Crippen LogP contribution in [0.15, 0.2) is 58.3 Å². The Balaban J connectivity index is 1.72. The van der Waals surface area contributed by atoms with Gasteiger partial charge in [0.1, 0.15) is 5.82 Å². The molecule has 0 unspecified atom stereocenters. The van der Waals surface area contributed by atoms with Crippen molar-refractivity contribution in [1.29, 1.82) is 0 Å². The third-order valence-electron chi connectivity index (χ3n) is 4.13. The zero-order valence-electron chi connectivity index (χ0n) is 13.4. The fraction of sp³-hybridized carbons (Fsp3) is 0.294. The molecule has 2 aromatic carbocycles. The lowest BCUT2D eigenvalue weighted by atomic mass is 10.2. The average Bonchev–Trinajstić information content (AvgIpc) is 2.62. The molecule has 1 heterocycles. The standard InChI is InChI=1S/C17H19FN2O2S2/c1-23-14-6-8-15(9-7-14)24(21,22)20-12-10-19(11-13-20)17-5-3-2-4-16(17)18/h2-9H,10-13H2,1H3. The lowest BCUT2D eigenvalue weighted by molar-refractivity contribution is 0.383. The van der Waals surface area contributed by atoms with Gasteiger partial charge in [-0.2, -0.15) is 4.31 Å². The third kappa shape index (κ3) is 3.43. The average molecular weight is 366 g/mol. The predicted octanol–water partition coefficient (Wildman–Crippen LogP) is 3.06. The van der Waals surface area contributed by atoms with Crippen molar-refractivity contribution in [2.24, 2.45) is 0 Å². The molecule has 4 nitrogen and oxygen atoms in total. The molecule has 0 N–H and O–H groups in total. The van der Waals surface area contributed by atoms with Crippen LogP contribution in [0.5, 0.6) is 0 Å². The van der Waals surface area contributed by atoms with Crippen LogP contribution in [0, 0.1) is 5.82 Å². The molecule has 0 spiro atoms. The zero-order valence-corrected chi connectivity index (χ0v) is 15.0. The highest BCUT2D eigenvalue weighted by atomic mass is 32.2. The molecule has 3 rings (SSSR count). The second-order valence-corrected chi connectivity index (χ2v) is 8.34. The molecule has 128 valence electrons. The maximum atomic E-state index is 13.9. The second kappa shape index (κ2) is 7.13. The Hall–Kier alpha value is -1.57. The van der Waals surface area contributed by atoms with Crippen molar-refractivity contribution >= 4 is 27.5 Å². The van der Waals surface area contributed by atoms with Gasteiger partial charge < -0.3 is 4.90 Å². The van der Waals surface area contributed by atoms with E-state index in [2.05, 4.69) is 0 Å². The lowest BCUT2D eigenvalue weighted by Gasteiger charge is -2.35. The van der Waals surface area contributed by atoms with E-state index >= 15 is 0 Å². The van der Waals surface area contributed by atoms with E-state index in [0.717, 1.165) is 4.90 Å². The Morgan fingerprint density at radius 1 is 0.958 bits per heavy atom. The first-order chi connectivity index (χ1) is 11.5. The largest absolute Gasteiger partial charge is 0.367 e. The number of sulfonamides is 1. The molecular formula is C17H19FN2O2S2. The van der Waals surface area contributed by atoms with Crippen LogP contribution in [0.25, 0.3) is 0 Å². The van der Waals surface area contributed by atoms with Crippen LogP contribution in [-0.4, -0.2) is 45.2 Å². The number of thioether (sulfide) groups is 1. The minimum absolute atomic E-state index is 0.276. The van der Waals surface area contributed by atoms with Crippen molar-refractivity contribution in [2.75, 3.05) is 37.3 Å². The van der Waals surface area contributed by atoms with Crippen LogP contribution in [0.4, 0.5) is 10.1 Å². The molecule has 0 bridgehead atoms. The molecule has 1 aliphatic heterocycles. The predicted molar refractivity (Wildman–Crippen MR) is 95.6 cm³/mol. The molecule has 2 aromatic rings.